The van der Waals surface area contributed by atoms with Crippen LogP contribution >= 0.6 is 11.3 Å². The Kier molecular flexibility index (Phi) is 3.53. The van der Waals surface area contributed by atoms with E-state index < -0.39 is 0 Å². The molecule has 2 aromatic rings. The topological polar surface area (TPSA) is 42.0 Å². The van der Waals surface area contributed by atoms with E-state index in [1.165, 1.54) is 29.1 Å². The van der Waals surface area contributed by atoms with Crippen molar-refractivity contribution < 1.29 is 9.18 Å². The van der Waals surface area contributed by atoms with Crippen molar-refractivity contribution in [3.63, 3.8) is 0 Å². The average molecular weight is 290 g/mol. The molecule has 1 aliphatic rings. The zero-order valence-corrected chi connectivity index (χ0v) is 12.0. The summed E-state index contributed by atoms with van der Waals surface area (Å²) in [6, 6.07) is 5.51. The maximum atomic E-state index is 12.8. The van der Waals surface area contributed by atoms with E-state index in [0.29, 0.717) is 16.6 Å². The second-order valence-corrected chi connectivity index (χ2v) is 6.28. The molecule has 104 valence electrons. The number of fused-ring (bicyclic) bond motifs is 1. The minimum Gasteiger partial charge on any atom is -0.298 e. The first-order valence-corrected chi connectivity index (χ1v) is 7.49. The van der Waals surface area contributed by atoms with E-state index in [2.05, 4.69) is 17.2 Å². The van der Waals surface area contributed by atoms with E-state index in [1.807, 2.05) is 0 Å². The normalized spacial score (nSPS) is 17.6. The van der Waals surface area contributed by atoms with Crippen LogP contribution in [0.4, 0.5) is 9.52 Å². The fourth-order valence-corrected chi connectivity index (χ4v) is 3.53. The van der Waals surface area contributed by atoms with Gasteiger partial charge in [-0.25, -0.2) is 9.37 Å². The summed E-state index contributed by atoms with van der Waals surface area (Å²) >= 11 is 1.55. The summed E-state index contributed by atoms with van der Waals surface area (Å²) in [6.07, 6.45) is 3.18. The SMILES string of the molecule is C[C@H]1CCc2nc(NC(=O)c3ccc(F)cc3)sc2C1. The van der Waals surface area contributed by atoms with Gasteiger partial charge in [0, 0.05) is 10.4 Å². The number of thiazole rings is 1. The van der Waals surface area contributed by atoms with Crippen LogP contribution in [-0.4, -0.2) is 10.9 Å². The number of aromatic nitrogens is 1. The molecule has 0 aliphatic heterocycles. The molecule has 1 aromatic heterocycles. The molecule has 0 bridgehead atoms. The molecule has 1 amide bonds. The number of halogens is 1. The third-order valence-corrected chi connectivity index (χ3v) is 4.55. The lowest BCUT2D eigenvalue weighted by atomic mass is 9.93. The van der Waals surface area contributed by atoms with Gasteiger partial charge in [0.05, 0.1) is 5.69 Å². The number of anilines is 1. The first-order chi connectivity index (χ1) is 9.61. The maximum Gasteiger partial charge on any atom is 0.257 e. The molecule has 0 unspecified atom stereocenters. The van der Waals surface area contributed by atoms with Crippen LogP contribution in [-0.2, 0) is 12.8 Å². The maximum absolute atomic E-state index is 12.8. The molecule has 0 fully saturated rings. The minimum atomic E-state index is -0.347. The van der Waals surface area contributed by atoms with Crippen LogP contribution in [0.15, 0.2) is 24.3 Å². The molecule has 3 rings (SSSR count). The van der Waals surface area contributed by atoms with Crippen molar-refractivity contribution in [2.75, 3.05) is 5.32 Å². The van der Waals surface area contributed by atoms with Gasteiger partial charge in [-0.2, -0.15) is 0 Å². The molecular formula is C15H15FN2OS. The molecule has 1 heterocycles. The van der Waals surface area contributed by atoms with Gasteiger partial charge < -0.3 is 0 Å². The number of nitrogens with zero attached hydrogens (tertiary/aromatic N) is 1. The van der Waals surface area contributed by atoms with Crippen molar-refractivity contribution in [3.05, 3.63) is 46.2 Å². The quantitative estimate of drug-likeness (QED) is 0.917. The highest BCUT2D eigenvalue weighted by Crippen LogP contribution is 2.32. The molecule has 20 heavy (non-hydrogen) atoms. The predicted molar refractivity (Wildman–Crippen MR) is 77.7 cm³/mol. The van der Waals surface area contributed by atoms with Crippen molar-refractivity contribution in [2.24, 2.45) is 5.92 Å². The molecule has 0 spiro atoms. The zero-order chi connectivity index (χ0) is 14.1. The Morgan fingerprint density at radius 1 is 1.40 bits per heavy atom. The number of carbonyl (C=O) groups is 1. The fourth-order valence-electron chi connectivity index (χ4n) is 2.36. The van der Waals surface area contributed by atoms with Crippen molar-refractivity contribution in [1.29, 1.82) is 0 Å². The van der Waals surface area contributed by atoms with Gasteiger partial charge in [-0.05, 0) is 49.4 Å². The van der Waals surface area contributed by atoms with Crippen LogP contribution in [0.3, 0.4) is 0 Å². The summed E-state index contributed by atoms with van der Waals surface area (Å²) < 4.78 is 12.8. The summed E-state index contributed by atoms with van der Waals surface area (Å²) in [5.41, 5.74) is 1.55. The second kappa shape index (κ2) is 5.32. The van der Waals surface area contributed by atoms with Crippen LogP contribution < -0.4 is 5.32 Å². The van der Waals surface area contributed by atoms with E-state index in [0.717, 1.165) is 25.0 Å². The van der Waals surface area contributed by atoms with E-state index in [4.69, 9.17) is 0 Å². The number of aryl methyl sites for hydroxylation is 1. The Balaban J connectivity index is 1.75. The number of rotatable bonds is 2. The Morgan fingerprint density at radius 3 is 2.90 bits per heavy atom. The van der Waals surface area contributed by atoms with Crippen molar-refractivity contribution in [3.8, 4) is 0 Å². The third-order valence-electron chi connectivity index (χ3n) is 3.51. The second-order valence-electron chi connectivity index (χ2n) is 5.20. The molecule has 0 saturated heterocycles. The van der Waals surface area contributed by atoms with Gasteiger partial charge in [0.2, 0.25) is 0 Å². The molecule has 0 saturated carbocycles. The number of hydrogen-bond donors (Lipinski definition) is 1. The van der Waals surface area contributed by atoms with Gasteiger partial charge >= 0.3 is 0 Å². The first-order valence-electron chi connectivity index (χ1n) is 6.67. The average Bonchev–Trinajstić information content (AvgIpc) is 2.80. The Bertz CT molecular complexity index is 636. The highest BCUT2D eigenvalue weighted by atomic mass is 32.1. The largest absolute Gasteiger partial charge is 0.298 e. The van der Waals surface area contributed by atoms with Gasteiger partial charge in [0.25, 0.3) is 5.91 Å². The van der Waals surface area contributed by atoms with Gasteiger partial charge in [0.15, 0.2) is 5.13 Å². The smallest absolute Gasteiger partial charge is 0.257 e. The predicted octanol–water partition coefficient (Wildman–Crippen LogP) is 3.66. The molecule has 1 aromatic carbocycles. The molecule has 0 radical (unpaired) electrons. The summed E-state index contributed by atoms with van der Waals surface area (Å²) in [7, 11) is 0. The van der Waals surface area contributed by atoms with Crippen molar-refractivity contribution >= 4 is 22.4 Å². The number of carbonyl (C=O) groups excluding carboxylic acids is 1. The number of benzene rings is 1. The monoisotopic (exact) mass is 290 g/mol. The lowest BCUT2D eigenvalue weighted by Gasteiger charge is -2.15. The summed E-state index contributed by atoms with van der Waals surface area (Å²) in [5.74, 6) is 0.0907. The van der Waals surface area contributed by atoms with Gasteiger partial charge in [-0.3, -0.25) is 10.1 Å². The molecule has 1 N–H and O–H groups in total. The summed E-state index contributed by atoms with van der Waals surface area (Å²) in [4.78, 5) is 17.8. The third kappa shape index (κ3) is 2.72. The Morgan fingerprint density at radius 2 is 2.15 bits per heavy atom. The van der Waals surface area contributed by atoms with E-state index in [9.17, 15) is 9.18 Å². The standard InChI is InChI=1S/C15H15FN2OS/c1-9-2-7-12-13(8-9)20-15(17-12)18-14(19)10-3-5-11(16)6-4-10/h3-6,9H,2,7-8H2,1H3,(H,17,18,19)/t9-/m0/s1. The minimum absolute atomic E-state index is 0.246. The van der Waals surface area contributed by atoms with E-state index in [-0.39, 0.29) is 11.7 Å². The number of amides is 1. The van der Waals surface area contributed by atoms with Crippen LogP contribution in [0.25, 0.3) is 0 Å². The highest BCUT2D eigenvalue weighted by molar-refractivity contribution is 7.15. The Hall–Kier alpha value is -1.75. The molecular weight excluding hydrogens is 275 g/mol. The van der Waals surface area contributed by atoms with Crippen molar-refractivity contribution in [1.82, 2.24) is 4.98 Å². The number of hydrogen-bond acceptors (Lipinski definition) is 3. The summed E-state index contributed by atoms with van der Waals surface area (Å²) in [5, 5.41) is 3.43. The zero-order valence-electron chi connectivity index (χ0n) is 11.1. The van der Waals surface area contributed by atoms with E-state index in [1.54, 1.807) is 11.3 Å². The van der Waals surface area contributed by atoms with Crippen LogP contribution in [0.2, 0.25) is 0 Å². The van der Waals surface area contributed by atoms with Gasteiger partial charge in [-0.1, -0.05) is 6.92 Å². The molecule has 5 heteroatoms. The lowest BCUT2D eigenvalue weighted by molar-refractivity contribution is 0.102. The van der Waals surface area contributed by atoms with Crippen LogP contribution in [0.1, 0.15) is 34.3 Å². The fraction of sp³-hybridized carbons (Fsp3) is 0.333. The molecule has 3 nitrogen and oxygen atoms in total. The lowest BCUT2D eigenvalue weighted by Crippen LogP contribution is -2.12. The molecule has 1 aliphatic carbocycles. The summed E-state index contributed by atoms with van der Waals surface area (Å²) in [6.45, 7) is 2.24. The van der Waals surface area contributed by atoms with Gasteiger partial charge in [0.1, 0.15) is 5.82 Å². The highest BCUT2D eigenvalue weighted by Gasteiger charge is 2.20. The van der Waals surface area contributed by atoms with Gasteiger partial charge in [-0.15, -0.1) is 11.3 Å². The van der Waals surface area contributed by atoms with Crippen LogP contribution in [0, 0.1) is 11.7 Å². The Labute approximate surface area is 120 Å². The van der Waals surface area contributed by atoms with Crippen molar-refractivity contribution in [2.45, 2.75) is 26.2 Å². The first kappa shape index (κ1) is 13.2. The number of nitrogens with one attached hydrogen (secondary N) is 1. The van der Waals surface area contributed by atoms with E-state index >= 15 is 0 Å². The molecule has 1 atom stereocenters. The van der Waals surface area contributed by atoms with Crippen LogP contribution in [0.5, 0.6) is 0 Å².